The fourth-order valence-corrected chi connectivity index (χ4v) is 2.18. The van der Waals surface area contributed by atoms with Crippen LogP contribution in [0.2, 0.25) is 0 Å². The molecule has 2 heteroatoms. The van der Waals surface area contributed by atoms with Gasteiger partial charge in [0.25, 0.3) is 5.69 Å². The first-order valence-corrected chi connectivity index (χ1v) is 5.70. The lowest BCUT2D eigenvalue weighted by atomic mass is 10.1. The molecule has 0 N–H and O–H groups in total. The minimum Gasteiger partial charge on any atom is -0.455 e. The lowest BCUT2D eigenvalue weighted by Gasteiger charge is -2.01. The summed E-state index contributed by atoms with van der Waals surface area (Å²) in [6.45, 7) is 1.97. The lowest BCUT2D eigenvalue weighted by molar-refractivity contribution is -0.659. The third kappa shape index (κ3) is 1.62. The molecular weight excluding hydrogens is 210 g/mol. The third-order valence-corrected chi connectivity index (χ3v) is 3.02. The maximum atomic E-state index is 5.74. The van der Waals surface area contributed by atoms with E-state index in [0.717, 1.165) is 17.2 Å². The fourth-order valence-electron chi connectivity index (χ4n) is 2.18. The van der Waals surface area contributed by atoms with Crippen molar-refractivity contribution < 1.29 is 8.98 Å². The fraction of sp³-hybridized carbons (Fsp3) is 0.133. The number of aromatic nitrogens is 1. The second-order valence-electron chi connectivity index (χ2n) is 4.27. The van der Waals surface area contributed by atoms with Crippen molar-refractivity contribution in [1.82, 2.24) is 0 Å². The number of hydrogen-bond donors (Lipinski definition) is 0. The van der Waals surface area contributed by atoms with Crippen molar-refractivity contribution in [1.29, 1.82) is 0 Å². The van der Waals surface area contributed by atoms with Gasteiger partial charge in [-0.3, -0.25) is 0 Å². The minimum atomic E-state index is 0.918. The van der Waals surface area contributed by atoms with Crippen molar-refractivity contribution in [3.05, 3.63) is 54.4 Å². The topological polar surface area (TPSA) is 17.0 Å². The number of hydrogen-bond acceptors (Lipinski definition) is 1. The van der Waals surface area contributed by atoms with E-state index in [0.29, 0.717) is 0 Å². The van der Waals surface area contributed by atoms with Gasteiger partial charge in [-0.25, -0.2) is 0 Å². The summed E-state index contributed by atoms with van der Waals surface area (Å²) in [7, 11) is 2.04. The van der Waals surface area contributed by atoms with Crippen LogP contribution in [0.3, 0.4) is 0 Å². The first-order chi connectivity index (χ1) is 8.25. The molecule has 17 heavy (non-hydrogen) atoms. The molecule has 0 aliphatic rings. The molecule has 1 aromatic carbocycles. The van der Waals surface area contributed by atoms with Gasteiger partial charge in [-0.15, -0.1) is 0 Å². The van der Waals surface area contributed by atoms with E-state index in [1.54, 1.807) is 0 Å². The van der Waals surface area contributed by atoms with Crippen molar-refractivity contribution in [3.8, 4) is 11.5 Å². The summed E-state index contributed by atoms with van der Waals surface area (Å²) in [5, 5.41) is 2.45. The second kappa shape index (κ2) is 3.74. The Hall–Kier alpha value is -2.09. The quantitative estimate of drug-likeness (QED) is 0.580. The molecule has 0 spiro atoms. The van der Waals surface area contributed by atoms with E-state index < -0.39 is 0 Å². The summed E-state index contributed by atoms with van der Waals surface area (Å²) in [5.41, 5.74) is 1.12. The summed E-state index contributed by atoms with van der Waals surface area (Å²) in [5.74, 6) is 1.86. The van der Waals surface area contributed by atoms with Crippen molar-refractivity contribution in [2.24, 2.45) is 7.05 Å². The van der Waals surface area contributed by atoms with Crippen molar-refractivity contribution in [3.63, 3.8) is 0 Å². The number of pyridine rings is 1. The van der Waals surface area contributed by atoms with Crippen molar-refractivity contribution in [2.45, 2.75) is 6.92 Å². The molecule has 0 saturated heterocycles. The molecule has 0 bridgehead atoms. The third-order valence-electron chi connectivity index (χ3n) is 3.02. The first-order valence-electron chi connectivity index (χ1n) is 5.70. The largest absolute Gasteiger partial charge is 0.455 e. The van der Waals surface area contributed by atoms with E-state index in [9.17, 15) is 0 Å². The Kier molecular flexibility index (Phi) is 2.22. The molecule has 2 aromatic heterocycles. The number of rotatable bonds is 1. The second-order valence-corrected chi connectivity index (χ2v) is 4.27. The number of furan rings is 1. The predicted molar refractivity (Wildman–Crippen MR) is 67.6 cm³/mol. The predicted octanol–water partition coefficient (Wildman–Crippen LogP) is 3.23. The van der Waals surface area contributed by atoms with Crippen LogP contribution in [0.5, 0.6) is 0 Å². The highest BCUT2D eigenvalue weighted by molar-refractivity contribution is 5.91. The molecule has 0 unspecified atom stereocenters. The highest BCUT2D eigenvalue weighted by atomic mass is 16.3. The Morgan fingerprint density at radius 2 is 1.82 bits per heavy atom. The highest BCUT2D eigenvalue weighted by Crippen LogP contribution is 2.26. The normalized spacial score (nSPS) is 10.9. The van der Waals surface area contributed by atoms with Crippen LogP contribution in [-0.4, -0.2) is 0 Å². The highest BCUT2D eigenvalue weighted by Gasteiger charge is 2.17. The Morgan fingerprint density at radius 1 is 1.00 bits per heavy atom. The van der Waals surface area contributed by atoms with E-state index in [1.807, 2.05) is 26.1 Å². The van der Waals surface area contributed by atoms with Crippen LogP contribution < -0.4 is 4.57 Å². The number of fused-ring (bicyclic) bond motifs is 1. The molecule has 2 heterocycles. The van der Waals surface area contributed by atoms with Crippen LogP contribution in [0, 0.1) is 6.92 Å². The van der Waals surface area contributed by atoms with Gasteiger partial charge in [-0.2, -0.15) is 4.57 Å². The summed E-state index contributed by atoms with van der Waals surface area (Å²) in [6, 6.07) is 14.5. The van der Waals surface area contributed by atoms with Gasteiger partial charge in [0.15, 0.2) is 12.0 Å². The van der Waals surface area contributed by atoms with Crippen molar-refractivity contribution >= 4 is 10.8 Å². The lowest BCUT2D eigenvalue weighted by Crippen LogP contribution is -2.30. The zero-order valence-corrected chi connectivity index (χ0v) is 9.97. The molecule has 0 amide bonds. The van der Waals surface area contributed by atoms with Gasteiger partial charge in [-0.05, 0) is 30.5 Å². The number of nitrogens with zero attached hydrogens (tertiary/aromatic N) is 1. The van der Waals surface area contributed by atoms with Gasteiger partial charge >= 0.3 is 0 Å². The minimum absolute atomic E-state index is 0.918. The van der Waals surface area contributed by atoms with Gasteiger partial charge < -0.3 is 4.42 Å². The van der Waals surface area contributed by atoms with E-state index in [2.05, 4.69) is 41.1 Å². The molecule has 0 fully saturated rings. The van der Waals surface area contributed by atoms with Gasteiger partial charge in [0.05, 0.1) is 5.39 Å². The zero-order valence-electron chi connectivity index (χ0n) is 9.97. The molecule has 2 nitrogen and oxygen atoms in total. The monoisotopic (exact) mass is 224 g/mol. The first kappa shape index (κ1) is 10.1. The van der Waals surface area contributed by atoms with Crippen LogP contribution >= 0.6 is 0 Å². The van der Waals surface area contributed by atoms with Crippen LogP contribution in [0.1, 0.15) is 5.76 Å². The number of benzene rings is 1. The average molecular weight is 224 g/mol. The van der Waals surface area contributed by atoms with Gasteiger partial charge in [0.2, 0.25) is 0 Å². The van der Waals surface area contributed by atoms with E-state index in [1.165, 1.54) is 10.8 Å². The average Bonchev–Trinajstić information content (AvgIpc) is 2.75. The summed E-state index contributed by atoms with van der Waals surface area (Å²) in [6.07, 6.45) is 2.06. The van der Waals surface area contributed by atoms with E-state index >= 15 is 0 Å². The van der Waals surface area contributed by atoms with Gasteiger partial charge in [0.1, 0.15) is 12.8 Å². The molecule has 0 radical (unpaired) electrons. The Bertz CT molecular complexity index is 682. The van der Waals surface area contributed by atoms with Crippen LogP contribution in [0.4, 0.5) is 0 Å². The smallest absolute Gasteiger partial charge is 0.255 e. The SMILES string of the molecule is Cc1ccc(-c2c3ccccc3cc[n+]2C)o1. The summed E-state index contributed by atoms with van der Waals surface area (Å²) < 4.78 is 7.84. The molecule has 3 rings (SSSR count). The van der Waals surface area contributed by atoms with E-state index in [-0.39, 0.29) is 0 Å². The van der Waals surface area contributed by atoms with Gasteiger partial charge in [-0.1, -0.05) is 18.2 Å². The number of aryl methyl sites for hydroxylation is 2. The Labute approximate surface area is 100 Å². The molecule has 0 saturated carbocycles. The molecule has 3 aromatic rings. The molecule has 0 aliphatic carbocycles. The Morgan fingerprint density at radius 3 is 2.59 bits per heavy atom. The van der Waals surface area contributed by atoms with E-state index in [4.69, 9.17) is 4.42 Å². The zero-order chi connectivity index (χ0) is 11.8. The van der Waals surface area contributed by atoms with Crippen LogP contribution in [0.25, 0.3) is 22.2 Å². The van der Waals surface area contributed by atoms with Crippen molar-refractivity contribution in [2.75, 3.05) is 0 Å². The summed E-state index contributed by atoms with van der Waals surface area (Å²) in [4.78, 5) is 0. The molecule has 0 aliphatic heterocycles. The Balaban J connectivity index is 2.38. The van der Waals surface area contributed by atoms with Crippen LogP contribution in [0.15, 0.2) is 53.1 Å². The maximum Gasteiger partial charge on any atom is 0.255 e. The molecular formula is C15H14NO+. The maximum absolute atomic E-state index is 5.74. The summed E-state index contributed by atoms with van der Waals surface area (Å²) >= 11 is 0. The molecule has 84 valence electrons. The molecule has 0 atom stereocenters. The standard InChI is InChI=1S/C15H14NO/c1-11-7-8-14(17-11)15-13-6-4-3-5-12(13)9-10-16(15)2/h3-10H,1-2H3/q+1. The van der Waals surface area contributed by atoms with Gasteiger partial charge in [0, 0.05) is 6.07 Å². The van der Waals surface area contributed by atoms with Crippen LogP contribution in [-0.2, 0) is 7.05 Å².